The normalized spacial score (nSPS) is 12.0. The Balaban J connectivity index is 1.91. The molecule has 0 bridgehead atoms. The van der Waals surface area contributed by atoms with Gasteiger partial charge in [-0.25, -0.2) is 4.98 Å². The van der Waals surface area contributed by atoms with Crippen LogP contribution in [0, 0.1) is 0 Å². The van der Waals surface area contributed by atoms with Crippen molar-refractivity contribution in [1.82, 2.24) is 15.2 Å². The van der Waals surface area contributed by atoms with Crippen molar-refractivity contribution in [2.75, 3.05) is 11.1 Å². The van der Waals surface area contributed by atoms with Crippen molar-refractivity contribution in [1.29, 1.82) is 0 Å². The second kappa shape index (κ2) is 8.68. The van der Waals surface area contributed by atoms with Gasteiger partial charge in [0.15, 0.2) is 13.8 Å². The number of halogens is 1. The van der Waals surface area contributed by atoms with Crippen molar-refractivity contribution in [2.24, 2.45) is 0 Å². The number of hydrogen-bond acceptors (Lipinski definition) is 7. The van der Waals surface area contributed by atoms with Crippen molar-refractivity contribution >= 4 is 58.1 Å². The topological polar surface area (TPSA) is 67.8 Å². The highest BCUT2D eigenvalue weighted by Crippen LogP contribution is 2.32. The molecule has 0 aliphatic rings. The van der Waals surface area contributed by atoms with Gasteiger partial charge in [0.05, 0.1) is 10.9 Å². The Morgan fingerprint density at radius 2 is 2.22 bits per heavy atom. The number of pyridine rings is 1. The minimum absolute atomic E-state index is 0.156. The molecule has 0 saturated heterocycles. The second-order valence-electron chi connectivity index (χ2n) is 4.67. The van der Waals surface area contributed by atoms with Crippen LogP contribution in [-0.4, -0.2) is 32.1 Å². The van der Waals surface area contributed by atoms with Crippen LogP contribution in [0.15, 0.2) is 39.2 Å². The Morgan fingerprint density at radius 3 is 2.91 bits per heavy atom. The van der Waals surface area contributed by atoms with Gasteiger partial charge in [0.1, 0.15) is 0 Å². The molecule has 0 aromatic carbocycles. The van der Waals surface area contributed by atoms with Crippen LogP contribution >= 0.6 is 46.5 Å². The molecule has 0 radical (unpaired) electrons. The van der Waals surface area contributed by atoms with Gasteiger partial charge in [-0.1, -0.05) is 58.6 Å². The van der Waals surface area contributed by atoms with Gasteiger partial charge in [-0.05, 0) is 26.0 Å². The lowest BCUT2D eigenvalue weighted by Gasteiger charge is -2.10. The van der Waals surface area contributed by atoms with Crippen molar-refractivity contribution in [2.45, 2.75) is 27.8 Å². The van der Waals surface area contributed by atoms with Crippen LogP contribution in [0.4, 0.5) is 5.69 Å². The van der Waals surface area contributed by atoms with Crippen molar-refractivity contribution in [3.05, 3.63) is 35.6 Å². The molecular formula is C14H15ClN4OS3. The molecule has 2 aromatic heterocycles. The zero-order chi connectivity index (χ0) is 16.8. The summed E-state index contributed by atoms with van der Waals surface area (Å²) >= 11 is 10.4. The minimum atomic E-state index is -0.321. The first-order chi connectivity index (χ1) is 11.0. The van der Waals surface area contributed by atoms with Gasteiger partial charge in [-0.15, -0.1) is 10.2 Å². The first-order valence-corrected chi connectivity index (χ1v) is 9.70. The maximum Gasteiger partial charge on any atom is 0.237 e. The molecule has 0 spiro atoms. The molecule has 1 N–H and O–H groups in total. The standard InChI is InChI=1S/C14H15ClN4OS3/c1-8(2)7-21-13-18-19-14(23-13)22-9(3)12(20)17-10-5-4-6-16-11(10)15/h4-6,9H,1,7H2,2-3H3,(H,17,20)/t9-/m0/s1. The fraction of sp³-hybridized carbons (Fsp3) is 0.286. The van der Waals surface area contributed by atoms with Gasteiger partial charge in [0, 0.05) is 11.9 Å². The Morgan fingerprint density at radius 1 is 1.48 bits per heavy atom. The lowest BCUT2D eigenvalue weighted by molar-refractivity contribution is -0.115. The van der Waals surface area contributed by atoms with Crippen LogP contribution in [-0.2, 0) is 4.79 Å². The summed E-state index contributed by atoms with van der Waals surface area (Å²) < 4.78 is 1.63. The number of aromatic nitrogens is 3. The fourth-order valence-corrected chi connectivity index (χ4v) is 4.58. The fourth-order valence-electron chi connectivity index (χ4n) is 1.41. The molecule has 2 rings (SSSR count). The van der Waals surface area contributed by atoms with E-state index in [4.69, 9.17) is 11.6 Å². The molecule has 0 aliphatic heterocycles. The van der Waals surface area contributed by atoms with E-state index >= 15 is 0 Å². The van der Waals surface area contributed by atoms with Crippen LogP contribution in [0.5, 0.6) is 0 Å². The number of hydrogen-bond donors (Lipinski definition) is 1. The van der Waals surface area contributed by atoms with Crippen molar-refractivity contribution in [3.8, 4) is 0 Å². The van der Waals surface area contributed by atoms with E-state index in [9.17, 15) is 4.79 Å². The van der Waals surface area contributed by atoms with Gasteiger partial charge in [0.25, 0.3) is 0 Å². The minimum Gasteiger partial charge on any atom is -0.322 e. The molecular weight excluding hydrogens is 372 g/mol. The first-order valence-electron chi connectivity index (χ1n) is 6.64. The second-order valence-corrected chi connectivity index (χ2v) is 8.82. The van der Waals surface area contributed by atoms with E-state index in [1.54, 1.807) is 30.1 Å². The van der Waals surface area contributed by atoms with E-state index in [1.165, 1.54) is 23.1 Å². The highest BCUT2D eigenvalue weighted by molar-refractivity contribution is 8.04. The number of anilines is 1. The summed E-state index contributed by atoms with van der Waals surface area (Å²) in [5.41, 5.74) is 1.59. The lowest BCUT2D eigenvalue weighted by Crippen LogP contribution is -2.22. The predicted octanol–water partition coefficient (Wildman–Crippen LogP) is 4.37. The Hall–Kier alpha value is -1.09. The number of carbonyl (C=O) groups is 1. The smallest absolute Gasteiger partial charge is 0.237 e. The summed E-state index contributed by atoms with van der Waals surface area (Å²) in [4.78, 5) is 16.1. The molecule has 0 unspecified atom stereocenters. The Bertz CT molecular complexity index is 707. The largest absolute Gasteiger partial charge is 0.322 e. The van der Waals surface area contributed by atoms with Crippen LogP contribution in [0.25, 0.3) is 0 Å². The quantitative estimate of drug-likeness (QED) is 0.433. The predicted molar refractivity (Wildman–Crippen MR) is 98.6 cm³/mol. The summed E-state index contributed by atoms with van der Waals surface area (Å²) in [6.45, 7) is 7.64. The van der Waals surface area contributed by atoms with Gasteiger partial charge in [-0.2, -0.15) is 0 Å². The highest BCUT2D eigenvalue weighted by Gasteiger charge is 2.18. The van der Waals surface area contributed by atoms with Gasteiger partial charge in [-0.3, -0.25) is 4.79 Å². The van der Waals surface area contributed by atoms with Crippen molar-refractivity contribution in [3.63, 3.8) is 0 Å². The number of rotatable bonds is 7. The van der Waals surface area contributed by atoms with Crippen LogP contribution < -0.4 is 5.32 Å². The molecule has 1 atom stereocenters. The van der Waals surface area contributed by atoms with Crippen molar-refractivity contribution < 1.29 is 4.79 Å². The number of carbonyl (C=O) groups excluding carboxylic acids is 1. The van der Waals surface area contributed by atoms with E-state index in [2.05, 4.69) is 27.1 Å². The maximum absolute atomic E-state index is 12.2. The lowest BCUT2D eigenvalue weighted by atomic mass is 10.4. The number of amides is 1. The van der Waals surface area contributed by atoms with Crippen LogP contribution in [0.2, 0.25) is 5.15 Å². The van der Waals surface area contributed by atoms with E-state index in [0.29, 0.717) is 5.69 Å². The molecule has 0 fully saturated rings. The summed E-state index contributed by atoms with van der Waals surface area (Å²) in [7, 11) is 0. The van der Waals surface area contributed by atoms with Gasteiger partial charge in [0.2, 0.25) is 5.91 Å². The van der Waals surface area contributed by atoms with Crippen LogP contribution in [0.1, 0.15) is 13.8 Å². The Labute approximate surface area is 152 Å². The Kier molecular flexibility index (Phi) is 6.88. The third kappa shape index (κ3) is 5.80. The zero-order valence-corrected chi connectivity index (χ0v) is 15.8. The average molecular weight is 387 g/mol. The molecule has 122 valence electrons. The van der Waals surface area contributed by atoms with Gasteiger partial charge < -0.3 is 5.32 Å². The first kappa shape index (κ1) is 18.3. The van der Waals surface area contributed by atoms with E-state index in [-0.39, 0.29) is 16.3 Å². The third-order valence-corrected chi connectivity index (χ3v) is 6.27. The molecule has 23 heavy (non-hydrogen) atoms. The molecule has 0 aliphatic carbocycles. The number of nitrogens with one attached hydrogen (secondary N) is 1. The summed E-state index contributed by atoms with van der Waals surface area (Å²) in [6.07, 6.45) is 1.57. The van der Waals surface area contributed by atoms with E-state index < -0.39 is 0 Å². The molecule has 9 heteroatoms. The molecule has 2 heterocycles. The molecule has 0 saturated carbocycles. The maximum atomic E-state index is 12.2. The summed E-state index contributed by atoms with van der Waals surface area (Å²) in [5.74, 6) is 0.658. The van der Waals surface area contributed by atoms with E-state index in [0.717, 1.165) is 20.0 Å². The molecule has 2 aromatic rings. The molecule has 5 nitrogen and oxygen atoms in total. The summed E-state index contributed by atoms with van der Waals surface area (Å²) in [5, 5.41) is 10.9. The average Bonchev–Trinajstić information content (AvgIpc) is 2.95. The zero-order valence-electron chi connectivity index (χ0n) is 12.6. The van der Waals surface area contributed by atoms with E-state index in [1.807, 2.05) is 13.8 Å². The number of nitrogens with zero attached hydrogens (tertiary/aromatic N) is 3. The molecule has 1 amide bonds. The summed E-state index contributed by atoms with van der Waals surface area (Å²) in [6, 6.07) is 3.43. The monoisotopic (exact) mass is 386 g/mol. The van der Waals surface area contributed by atoms with Crippen LogP contribution in [0.3, 0.4) is 0 Å². The van der Waals surface area contributed by atoms with Gasteiger partial charge >= 0.3 is 0 Å². The third-order valence-electron chi connectivity index (χ3n) is 2.49. The number of thioether (sulfide) groups is 2. The highest BCUT2D eigenvalue weighted by atomic mass is 35.5. The SMILES string of the molecule is C=C(C)CSc1nnc(S[C@@H](C)C(=O)Nc2cccnc2Cl)s1.